The highest BCUT2D eigenvalue weighted by molar-refractivity contribution is 5.72. The Kier molecular flexibility index (Phi) is 3.25. The second kappa shape index (κ2) is 4.43. The molecule has 1 aromatic carbocycles. The molecular formula is C10H12N2O2. The van der Waals surface area contributed by atoms with Crippen molar-refractivity contribution >= 4 is 17.7 Å². The third-order valence-electron chi connectivity index (χ3n) is 1.85. The molecule has 1 aromatic rings. The van der Waals surface area contributed by atoms with Crippen LogP contribution in [-0.4, -0.2) is 11.1 Å². The average Bonchev–Trinajstić information content (AvgIpc) is 2.16. The van der Waals surface area contributed by atoms with Crippen LogP contribution in [0.15, 0.2) is 24.8 Å². The van der Waals surface area contributed by atoms with Crippen molar-refractivity contribution in [1.82, 2.24) is 0 Å². The van der Waals surface area contributed by atoms with E-state index in [1.54, 1.807) is 24.3 Å². The fraction of sp³-hybridized carbons (Fsp3) is 0.100. The molecule has 0 saturated carbocycles. The first kappa shape index (κ1) is 10.3. The second-order valence-electron chi connectivity index (χ2n) is 2.84. The van der Waals surface area contributed by atoms with Crippen LogP contribution in [0.3, 0.4) is 0 Å². The van der Waals surface area contributed by atoms with E-state index in [0.717, 1.165) is 5.56 Å². The molecule has 0 fully saturated rings. The molecule has 74 valence electrons. The molecule has 0 amide bonds. The van der Waals surface area contributed by atoms with Crippen molar-refractivity contribution in [3.63, 3.8) is 0 Å². The highest BCUT2D eigenvalue weighted by atomic mass is 16.4. The van der Waals surface area contributed by atoms with E-state index in [1.807, 2.05) is 0 Å². The molecule has 0 saturated heterocycles. The number of carboxylic acid groups (broad SMARTS) is 1. The third kappa shape index (κ3) is 2.34. The van der Waals surface area contributed by atoms with Crippen molar-refractivity contribution in [3.8, 4) is 0 Å². The Hall–Kier alpha value is -1.81. The van der Waals surface area contributed by atoms with Gasteiger partial charge in [0, 0.05) is 0 Å². The van der Waals surface area contributed by atoms with Gasteiger partial charge in [0.25, 0.3) is 0 Å². The van der Waals surface area contributed by atoms with Crippen LogP contribution in [0.4, 0.5) is 5.69 Å². The van der Waals surface area contributed by atoms with Crippen molar-refractivity contribution in [3.05, 3.63) is 35.9 Å². The molecule has 0 heterocycles. The fourth-order valence-electron chi connectivity index (χ4n) is 1.19. The predicted octanol–water partition coefficient (Wildman–Crippen LogP) is 1.24. The van der Waals surface area contributed by atoms with E-state index >= 15 is 0 Å². The van der Waals surface area contributed by atoms with E-state index in [0.29, 0.717) is 11.3 Å². The summed E-state index contributed by atoms with van der Waals surface area (Å²) in [6.45, 7) is 3.62. The number of benzene rings is 1. The lowest BCUT2D eigenvalue weighted by atomic mass is 10.1. The van der Waals surface area contributed by atoms with E-state index in [2.05, 4.69) is 12.0 Å². The van der Waals surface area contributed by atoms with E-state index < -0.39 is 5.97 Å². The van der Waals surface area contributed by atoms with Gasteiger partial charge in [-0.05, 0) is 17.2 Å². The summed E-state index contributed by atoms with van der Waals surface area (Å²) in [5.74, 6) is 4.42. The maximum atomic E-state index is 10.5. The number of hydrogen-bond donors (Lipinski definition) is 3. The molecule has 0 atom stereocenters. The van der Waals surface area contributed by atoms with Crippen LogP contribution in [0.25, 0.3) is 6.08 Å². The van der Waals surface area contributed by atoms with Gasteiger partial charge < -0.3 is 10.5 Å². The van der Waals surface area contributed by atoms with Crippen molar-refractivity contribution < 1.29 is 9.90 Å². The lowest BCUT2D eigenvalue weighted by Crippen LogP contribution is -2.09. The zero-order valence-electron chi connectivity index (χ0n) is 7.66. The summed E-state index contributed by atoms with van der Waals surface area (Å²) in [5, 5.41) is 8.59. The number of nitrogens with two attached hydrogens (primary N) is 1. The summed E-state index contributed by atoms with van der Waals surface area (Å²) < 4.78 is 0. The van der Waals surface area contributed by atoms with Gasteiger partial charge in [0.2, 0.25) is 0 Å². The van der Waals surface area contributed by atoms with Crippen molar-refractivity contribution in [1.29, 1.82) is 0 Å². The van der Waals surface area contributed by atoms with E-state index in [-0.39, 0.29) is 6.42 Å². The number of nitrogens with one attached hydrogen (secondary N) is 1. The Morgan fingerprint density at radius 3 is 2.86 bits per heavy atom. The molecule has 4 nitrogen and oxygen atoms in total. The van der Waals surface area contributed by atoms with E-state index in [4.69, 9.17) is 10.9 Å². The van der Waals surface area contributed by atoms with Gasteiger partial charge in [-0.3, -0.25) is 10.6 Å². The molecule has 0 unspecified atom stereocenters. The molecule has 0 aromatic heterocycles. The molecule has 0 aliphatic carbocycles. The molecule has 0 aliphatic heterocycles. The fourth-order valence-corrected chi connectivity index (χ4v) is 1.19. The molecule has 14 heavy (non-hydrogen) atoms. The average molecular weight is 192 g/mol. The van der Waals surface area contributed by atoms with Crippen molar-refractivity contribution in [2.24, 2.45) is 5.84 Å². The minimum absolute atomic E-state index is 0.00783. The van der Waals surface area contributed by atoms with Crippen molar-refractivity contribution in [2.45, 2.75) is 6.42 Å². The van der Waals surface area contributed by atoms with Crippen LogP contribution in [0, 0.1) is 0 Å². The zero-order chi connectivity index (χ0) is 10.6. The molecule has 0 radical (unpaired) electrons. The van der Waals surface area contributed by atoms with E-state index in [1.165, 1.54) is 0 Å². The van der Waals surface area contributed by atoms with Crippen LogP contribution in [0.5, 0.6) is 0 Å². The van der Waals surface area contributed by atoms with Crippen LogP contribution < -0.4 is 11.3 Å². The van der Waals surface area contributed by atoms with Gasteiger partial charge in [0.15, 0.2) is 0 Å². The SMILES string of the molecule is C=Cc1ccc(CC(=O)O)cc1NN. The van der Waals surface area contributed by atoms with Gasteiger partial charge in [-0.15, -0.1) is 0 Å². The van der Waals surface area contributed by atoms with Gasteiger partial charge in [0.1, 0.15) is 0 Å². The molecular weight excluding hydrogens is 180 g/mol. The van der Waals surface area contributed by atoms with Gasteiger partial charge in [0.05, 0.1) is 12.1 Å². The molecule has 0 aliphatic rings. The molecule has 0 bridgehead atoms. The monoisotopic (exact) mass is 192 g/mol. The summed E-state index contributed by atoms with van der Waals surface area (Å²) in [6, 6.07) is 5.22. The minimum Gasteiger partial charge on any atom is -0.481 e. The Morgan fingerprint density at radius 2 is 2.36 bits per heavy atom. The first-order valence-electron chi connectivity index (χ1n) is 4.11. The molecule has 0 spiro atoms. The Bertz CT molecular complexity index is 361. The van der Waals surface area contributed by atoms with Gasteiger partial charge in [-0.2, -0.15) is 0 Å². The zero-order valence-corrected chi connectivity index (χ0v) is 7.66. The number of hydrazine groups is 1. The minimum atomic E-state index is -0.862. The maximum Gasteiger partial charge on any atom is 0.307 e. The lowest BCUT2D eigenvalue weighted by molar-refractivity contribution is -0.136. The highest BCUT2D eigenvalue weighted by Crippen LogP contribution is 2.18. The van der Waals surface area contributed by atoms with Crippen LogP contribution in [0.2, 0.25) is 0 Å². The Balaban J connectivity index is 3.01. The standard InChI is InChI=1S/C10H12N2O2/c1-2-8-4-3-7(6-10(13)14)5-9(8)12-11/h2-5,12H,1,6,11H2,(H,13,14). The number of carboxylic acids is 1. The Morgan fingerprint density at radius 1 is 1.64 bits per heavy atom. The summed E-state index contributed by atoms with van der Waals surface area (Å²) in [7, 11) is 0. The third-order valence-corrected chi connectivity index (χ3v) is 1.85. The van der Waals surface area contributed by atoms with Crippen LogP contribution in [0.1, 0.15) is 11.1 Å². The largest absolute Gasteiger partial charge is 0.481 e. The van der Waals surface area contributed by atoms with Crippen LogP contribution >= 0.6 is 0 Å². The van der Waals surface area contributed by atoms with Crippen molar-refractivity contribution in [2.75, 3.05) is 5.43 Å². The summed E-state index contributed by atoms with van der Waals surface area (Å²) >= 11 is 0. The highest BCUT2D eigenvalue weighted by Gasteiger charge is 2.03. The molecule has 4 heteroatoms. The number of nitrogen functional groups attached to an aromatic ring is 1. The smallest absolute Gasteiger partial charge is 0.307 e. The van der Waals surface area contributed by atoms with Gasteiger partial charge >= 0.3 is 5.97 Å². The second-order valence-corrected chi connectivity index (χ2v) is 2.84. The summed E-state index contributed by atoms with van der Waals surface area (Å²) in [4.78, 5) is 10.5. The number of anilines is 1. The molecule has 1 rings (SSSR count). The number of rotatable bonds is 4. The maximum absolute atomic E-state index is 10.5. The van der Waals surface area contributed by atoms with Crippen LogP contribution in [-0.2, 0) is 11.2 Å². The first-order valence-corrected chi connectivity index (χ1v) is 4.11. The normalized spacial score (nSPS) is 9.50. The quantitative estimate of drug-likeness (QED) is 0.495. The summed E-state index contributed by atoms with van der Waals surface area (Å²) in [5.41, 5.74) is 4.73. The van der Waals surface area contributed by atoms with Gasteiger partial charge in [-0.25, -0.2) is 0 Å². The number of aliphatic carboxylic acids is 1. The number of hydrogen-bond acceptors (Lipinski definition) is 3. The first-order chi connectivity index (χ1) is 6.67. The predicted molar refractivity (Wildman–Crippen MR) is 55.7 cm³/mol. The molecule has 4 N–H and O–H groups in total. The topological polar surface area (TPSA) is 75.3 Å². The summed E-state index contributed by atoms with van der Waals surface area (Å²) in [6.07, 6.45) is 1.64. The number of carbonyl (C=O) groups is 1. The Labute approximate surface area is 82.0 Å². The lowest BCUT2D eigenvalue weighted by Gasteiger charge is -2.06. The van der Waals surface area contributed by atoms with Gasteiger partial charge in [-0.1, -0.05) is 24.8 Å². The van der Waals surface area contributed by atoms with E-state index in [9.17, 15) is 4.79 Å².